The van der Waals surface area contributed by atoms with Crippen molar-refractivity contribution in [1.29, 1.82) is 0 Å². The smallest absolute Gasteiger partial charge is 0.0175 e. The molecule has 0 fully saturated rings. The Hall–Kier alpha value is -1.04. The number of aryl methyl sites for hydroxylation is 2. The molecule has 0 aliphatic heterocycles. The van der Waals surface area contributed by atoms with E-state index in [1.807, 2.05) is 0 Å². The predicted molar refractivity (Wildman–Crippen MR) is 75.1 cm³/mol. The minimum absolute atomic E-state index is 0.431. The van der Waals surface area contributed by atoms with Gasteiger partial charge in [-0.2, -0.15) is 0 Å². The number of hydrogen-bond acceptors (Lipinski definition) is 0. The summed E-state index contributed by atoms with van der Waals surface area (Å²) in [6.07, 6.45) is 10.1. The van der Waals surface area contributed by atoms with Crippen molar-refractivity contribution < 1.29 is 0 Å². The maximum atomic E-state index is 2.44. The van der Waals surface area contributed by atoms with E-state index in [1.165, 1.54) is 36.8 Å². The molecule has 1 unspecified atom stereocenters. The van der Waals surface area contributed by atoms with Crippen LogP contribution in [0, 0.1) is 18.3 Å². The van der Waals surface area contributed by atoms with Crippen molar-refractivity contribution in [1.82, 2.24) is 0 Å². The van der Waals surface area contributed by atoms with Crippen LogP contribution in [0.2, 0.25) is 0 Å². The molecule has 0 radical (unpaired) electrons. The highest BCUT2D eigenvalue weighted by molar-refractivity contribution is 5.21. The first-order chi connectivity index (χ1) is 8.05. The molecule has 1 atom stereocenters. The van der Waals surface area contributed by atoms with Crippen LogP contribution in [0.15, 0.2) is 36.4 Å². The maximum absolute atomic E-state index is 2.44. The molecule has 0 amide bonds. The number of hydrogen-bond donors (Lipinski definition) is 0. The third kappa shape index (κ3) is 3.73. The zero-order chi connectivity index (χ0) is 12.3. The standard InChI is InChI=1S/C17H24/c1-14-4-6-15(7-5-14)8-9-16-10-12-17(2,3)13-11-16/h4-7,10,12,16H,8-9,11,13H2,1-3H3. The molecule has 0 heterocycles. The van der Waals surface area contributed by atoms with E-state index in [2.05, 4.69) is 57.2 Å². The van der Waals surface area contributed by atoms with Crippen LogP contribution in [-0.4, -0.2) is 0 Å². The van der Waals surface area contributed by atoms with Gasteiger partial charge in [0.1, 0.15) is 0 Å². The van der Waals surface area contributed by atoms with Gasteiger partial charge in [0.2, 0.25) is 0 Å². The third-order valence-electron chi connectivity index (χ3n) is 3.90. The van der Waals surface area contributed by atoms with Crippen molar-refractivity contribution in [3.63, 3.8) is 0 Å². The molecule has 1 aliphatic carbocycles. The van der Waals surface area contributed by atoms with Gasteiger partial charge in [-0.25, -0.2) is 0 Å². The van der Waals surface area contributed by atoms with E-state index in [4.69, 9.17) is 0 Å². The van der Waals surface area contributed by atoms with Crippen LogP contribution in [0.1, 0.15) is 44.2 Å². The summed E-state index contributed by atoms with van der Waals surface area (Å²) in [5.74, 6) is 0.796. The van der Waals surface area contributed by atoms with Crippen LogP contribution in [-0.2, 0) is 6.42 Å². The summed E-state index contributed by atoms with van der Waals surface area (Å²) >= 11 is 0. The number of rotatable bonds is 3. The van der Waals surface area contributed by atoms with Gasteiger partial charge in [-0.3, -0.25) is 0 Å². The van der Waals surface area contributed by atoms with Crippen LogP contribution < -0.4 is 0 Å². The van der Waals surface area contributed by atoms with Crippen LogP contribution in [0.4, 0.5) is 0 Å². The molecule has 2 rings (SSSR count). The fourth-order valence-electron chi connectivity index (χ4n) is 2.48. The second-order valence-corrected chi connectivity index (χ2v) is 6.17. The molecular formula is C17H24. The van der Waals surface area contributed by atoms with Gasteiger partial charge in [-0.1, -0.05) is 55.8 Å². The second-order valence-electron chi connectivity index (χ2n) is 6.17. The molecule has 0 saturated carbocycles. The molecule has 0 heteroatoms. The van der Waals surface area contributed by atoms with E-state index in [1.54, 1.807) is 0 Å². The van der Waals surface area contributed by atoms with E-state index in [0.29, 0.717) is 5.41 Å². The van der Waals surface area contributed by atoms with Crippen molar-refractivity contribution in [3.8, 4) is 0 Å². The van der Waals surface area contributed by atoms with Crippen LogP contribution in [0.5, 0.6) is 0 Å². The summed E-state index contributed by atoms with van der Waals surface area (Å²) in [6.45, 7) is 6.81. The van der Waals surface area contributed by atoms with Crippen molar-refractivity contribution in [2.75, 3.05) is 0 Å². The number of benzene rings is 1. The summed E-state index contributed by atoms with van der Waals surface area (Å²) in [6, 6.07) is 8.97. The zero-order valence-electron chi connectivity index (χ0n) is 11.4. The van der Waals surface area contributed by atoms with Gasteiger partial charge in [-0.15, -0.1) is 0 Å². The lowest BCUT2D eigenvalue weighted by Gasteiger charge is -2.28. The highest BCUT2D eigenvalue weighted by Crippen LogP contribution is 2.33. The molecule has 0 nitrogen and oxygen atoms in total. The first-order valence-electron chi connectivity index (χ1n) is 6.80. The lowest BCUT2D eigenvalue weighted by molar-refractivity contribution is 0.351. The Morgan fingerprint density at radius 1 is 1.18 bits per heavy atom. The van der Waals surface area contributed by atoms with Crippen LogP contribution in [0.3, 0.4) is 0 Å². The van der Waals surface area contributed by atoms with Gasteiger partial charge >= 0.3 is 0 Å². The molecule has 92 valence electrons. The molecule has 0 bridgehead atoms. The quantitative estimate of drug-likeness (QED) is 0.644. The van der Waals surface area contributed by atoms with Crippen molar-refractivity contribution in [2.24, 2.45) is 11.3 Å². The molecule has 1 aromatic rings. The van der Waals surface area contributed by atoms with Crippen molar-refractivity contribution in [3.05, 3.63) is 47.5 Å². The average molecular weight is 228 g/mol. The van der Waals surface area contributed by atoms with Crippen LogP contribution in [0.25, 0.3) is 0 Å². The Morgan fingerprint density at radius 2 is 1.88 bits per heavy atom. The van der Waals surface area contributed by atoms with Gasteiger partial charge in [0.15, 0.2) is 0 Å². The molecule has 17 heavy (non-hydrogen) atoms. The minimum Gasteiger partial charge on any atom is -0.0849 e. The Bertz CT molecular complexity index is 381. The van der Waals surface area contributed by atoms with E-state index in [9.17, 15) is 0 Å². The molecule has 0 saturated heterocycles. The molecule has 1 aromatic carbocycles. The highest BCUT2D eigenvalue weighted by Gasteiger charge is 2.21. The van der Waals surface area contributed by atoms with Gasteiger partial charge in [-0.05, 0) is 49.5 Å². The van der Waals surface area contributed by atoms with Gasteiger partial charge < -0.3 is 0 Å². The van der Waals surface area contributed by atoms with E-state index in [-0.39, 0.29) is 0 Å². The van der Waals surface area contributed by atoms with Crippen molar-refractivity contribution >= 4 is 0 Å². The fourth-order valence-corrected chi connectivity index (χ4v) is 2.48. The number of allylic oxidation sites excluding steroid dienone is 2. The highest BCUT2D eigenvalue weighted by atomic mass is 14.3. The first-order valence-corrected chi connectivity index (χ1v) is 6.80. The van der Waals surface area contributed by atoms with Crippen molar-refractivity contribution in [2.45, 2.75) is 46.5 Å². The van der Waals surface area contributed by atoms with E-state index in [0.717, 1.165) is 5.92 Å². The Morgan fingerprint density at radius 3 is 2.47 bits per heavy atom. The summed E-state index contributed by atoms with van der Waals surface area (Å²) in [4.78, 5) is 0. The van der Waals surface area contributed by atoms with Gasteiger partial charge in [0, 0.05) is 0 Å². The Labute approximate surface area is 106 Å². The lowest BCUT2D eigenvalue weighted by atomic mass is 9.77. The normalized spacial score (nSPS) is 22.6. The Balaban J connectivity index is 1.85. The van der Waals surface area contributed by atoms with Gasteiger partial charge in [0.25, 0.3) is 0 Å². The Kier molecular flexibility index (Phi) is 3.71. The summed E-state index contributed by atoms with van der Waals surface area (Å²) in [5, 5.41) is 0. The zero-order valence-corrected chi connectivity index (χ0v) is 11.4. The molecule has 0 N–H and O–H groups in total. The summed E-state index contributed by atoms with van der Waals surface area (Å²) in [5.41, 5.74) is 3.27. The SMILES string of the molecule is Cc1ccc(CCC2C=CC(C)(C)CC2)cc1. The largest absolute Gasteiger partial charge is 0.0849 e. The monoisotopic (exact) mass is 228 g/mol. The topological polar surface area (TPSA) is 0 Å². The molecule has 0 spiro atoms. The third-order valence-corrected chi connectivity index (χ3v) is 3.90. The molecular weight excluding hydrogens is 204 g/mol. The van der Waals surface area contributed by atoms with E-state index < -0.39 is 0 Å². The summed E-state index contributed by atoms with van der Waals surface area (Å²) < 4.78 is 0. The lowest BCUT2D eigenvalue weighted by Crippen LogP contribution is -2.15. The molecule has 1 aliphatic rings. The van der Waals surface area contributed by atoms with E-state index >= 15 is 0 Å². The maximum Gasteiger partial charge on any atom is -0.0175 e. The minimum atomic E-state index is 0.431. The first kappa shape index (κ1) is 12.4. The van der Waals surface area contributed by atoms with Gasteiger partial charge in [0.05, 0.1) is 0 Å². The average Bonchev–Trinajstić information content (AvgIpc) is 2.30. The summed E-state index contributed by atoms with van der Waals surface area (Å²) in [7, 11) is 0. The van der Waals surface area contributed by atoms with Crippen LogP contribution >= 0.6 is 0 Å². The molecule has 0 aromatic heterocycles. The second kappa shape index (κ2) is 5.08. The predicted octanol–water partition coefficient (Wildman–Crippen LogP) is 4.92. The fraction of sp³-hybridized carbons (Fsp3) is 0.529.